The van der Waals surface area contributed by atoms with E-state index in [1.807, 2.05) is 60.7 Å². The molecule has 0 atom stereocenters. The molecule has 0 saturated heterocycles. The van der Waals surface area contributed by atoms with Crippen molar-refractivity contribution < 1.29 is 9.48 Å². The van der Waals surface area contributed by atoms with Gasteiger partial charge in [-0.3, -0.25) is 0 Å². The third-order valence-corrected chi connectivity index (χ3v) is 3.94. The summed E-state index contributed by atoms with van der Waals surface area (Å²) in [7, 11) is 0. The van der Waals surface area contributed by atoms with Crippen LogP contribution in [0.3, 0.4) is 0 Å². The Hall–Kier alpha value is -2.62. The van der Waals surface area contributed by atoms with Gasteiger partial charge in [0, 0.05) is 24.0 Å². The zero-order valence-corrected chi connectivity index (χ0v) is 14.6. The van der Waals surface area contributed by atoms with Crippen molar-refractivity contribution in [2.45, 2.75) is 45.2 Å². The Morgan fingerprint density at radius 3 is 1.40 bits per heavy atom. The second-order valence-electron chi connectivity index (χ2n) is 6.12. The van der Waals surface area contributed by atoms with Crippen molar-refractivity contribution in [3.8, 4) is 0 Å². The molecule has 0 bridgehead atoms. The molecule has 0 amide bonds. The van der Waals surface area contributed by atoms with Crippen molar-refractivity contribution in [1.82, 2.24) is 0 Å². The number of benzene rings is 2. The van der Waals surface area contributed by atoms with Gasteiger partial charge in [0.1, 0.15) is 0 Å². The Morgan fingerprint density at radius 1 is 0.600 bits per heavy atom. The maximum Gasteiger partial charge on any atom is 0.178 e. The van der Waals surface area contributed by atoms with Crippen molar-refractivity contribution in [3.63, 3.8) is 0 Å². The number of unbranched alkanes of at least 4 members (excludes halogenated alkanes) is 4. The van der Waals surface area contributed by atoms with E-state index >= 15 is 0 Å². The summed E-state index contributed by atoms with van der Waals surface area (Å²) in [5.74, 6) is 0. The van der Waals surface area contributed by atoms with Crippen LogP contribution >= 0.6 is 0 Å². The molecule has 2 aromatic rings. The lowest BCUT2D eigenvalue weighted by atomic mass is 10.1. The average Bonchev–Trinajstić information content (AvgIpc) is 2.62. The fraction of sp³-hybridized carbons (Fsp3) is 0.333. The minimum absolute atomic E-state index is 0.402. The Bertz CT molecular complexity index is 607. The molecule has 0 aliphatic rings. The van der Waals surface area contributed by atoms with Gasteiger partial charge in [-0.15, -0.1) is 0 Å². The average molecular weight is 338 g/mol. The molecule has 4 nitrogen and oxygen atoms in total. The molecule has 0 N–H and O–H groups in total. The smallest absolute Gasteiger partial charge is 0.178 e. The molecule has 0 aliphatic carbocycles. The summed E-state index contributed by atoms with van der Waals surface area (Å²) in [6.45, 7) is 0.804. The maximum atomic E-state index is 11.8. The first-order chi connectivity index (χ1) is 12.2. The SMILES string of the molecule is [O-]/[N+](=C\CCCCC/C=[N+](\[O-])Cc1ccccc1)Cc1ccccc1. The topological polar surface area (TPSA) is 52.1 Å². The number of rotatable bonds is 10. The summed E-state index contributed by atoms with van der Waals surface area (Å²) in [4.78, 5) is 0. The molecule has 132 valence electrons. The second-order valence-corrected chi connectivity index (χ2v) is 6.12. The summed E-state index contributed by atoms with van der Waals surface area (Å²) < 4.78 is 2.00. The van der Waals surface area contributed by atoms with Gasteiger partial charge in [-0.25, -0.2) is 9.48 Å². The van der Waals surface area contributed by atoms with Crippen LogP contribution in [0.25, 0.3) is 0 Å². The van der Waals surface area contributed by atoms with Gasteiger partial charge in [0.25, 0.3) is 0 Å². The molecular formula is C21H26N2O2. The van der Waals surface area contributed by atoms with Gasteiger partial charge in [-0.2, -0.15) is 0 Å². The number of hydrogen-bond acceptors (Lipinski definition) is 2. The molecule has 4 heteroatoms. The van der Waals surface area contributed by atoms with Gasteiger partial charge in [-0.05, 0) is 12.8 Å². The van der Waals surface area contributed by atoms with Crippen LogP contribution in [0, 0.1) is 10.4 Å². The molecule has 0 aromatic heterocycles. The lowest BCUT2D eigenvalue weighted by Gasteiger charge is -2.04. The van der Waals surface area contributed by atoms with Gasteiger partial charge >= 0.3 is 0 Å². The Labute approximate surface area is 149 Å². The van der Waals surface area contributed by atoms with Crippen LogP contribution in [-0.4, -0.2) is 21.9 Å². The molecule has 0 saturated carbocycles. The summed E-state index contributed by atoms with van der Waals surface area (Å²) in [6.07, 6.45) is 7.95. The van der Waals surface area contributed by atoms with E-state index in [1.54, 1.807) is 12.4 Å². The van der Waals surface area contributed by atoms with Gasteiger partial charge in [0.15, 0.2) is 25.5 Å². The van der Waals surface area contributed by atoms with Crippen LogP contribution in [0.1, 0.15) is 43.2 Å². The quantitative estimate of drug-likeness (QED) is 0.211. The van der Waals surface area contributed by atoms with Crippen molar-refractivity contribution >= 4 is 12.4 Å². The van der Waals surface area contributed by atoms with Crippen LogP contribution in [0.4, 0.5) is 0 Å². The molecule has 0 spiro atoms. The van der Waals surface area contributed by atoms with Gasteiger partial charge in [0.05, 0.1) is 0 Å². The van der Waals surface area contributed by atoms with E-state index in [1.165, 1.54) is 0 Å². The molecular weight excluding hydrogens is 312 g/mol. The highest BCUT2D eigenvalue weighted by Gasteiger charge is 1.99. The Kier molecular flexibility index (Phi) is 8.25. The lowest BCUT2D eigenvalue weighted by molar-refractivity contribution is -0.471. The number of nitrogens with zero attached hydrogens (tertiary/aromatic N) is 2. The minimum Gasteiger partial charge on any atom is -0.624 e. The summed E-state index contributed by atoms with van der Waals surface area (Å²) in [6, 6.07) is 19.5. The van der Waals surface area contributed by atoms with E-state index in [-0.39, 0.29) is 0 Å². The molecule has 0 aliphatic heterocycles. The lowest BCUT2D eigenvalue weighted by Crippen LogP contribution is -2.05. The van der Waals surface area contributed by atoms with Gasteiger partial charge in [0.2, 0.25) is 0 Å². The first-order valence-corrected chi connectivity index (χ1v) is 8.86. The van der Waals surface area contributed by atoms with Crippen molar-refractivity contribution in [2.24, 2.45) is 0 Å². The van der Waals surface area contributed by atoms with Crippen molar-refractivity contribution in [2.75, 3.05) is 0 Å². The molecule has 0 radical (unpaired) electrons. The third kappa shape index (κ3) is 8.15. The predicted molar refractivity (Wildman–Crippen MR) is 103 cm³/mol. The summed E-state index contributed by atoms with van der Waals surface area (Å²) >= 11 is 0. The zero-order chi connectivity index (χ0) is 17.7. The highest BCUT2D eigenvalue weighted by Crippen LogP contribution is 2.04. The molecule has 2 rings (SSSR count). The van der Waals surface area contributed by atoms with Crippen LogP contribution in [0.2, 0.25) is 0 Å². The second kappa shape index (κ2) is 11.0. The van der Waals surface area contributed by atoms with E-state index in [0.29, 0.717) is 13.1 Å². The summed E-state index contributed by atoms with van der Waals surface area (Å²) in [5, 5.41) is 23.5. The monoisotopic (exact) mass is 338 g/mol. The van der Waals surface area contributed by atoms with Gasteiger partial charge < -0.3 is 10.4 Å². The van der Waals surface area contributed by atoms with Crippen LogP contribution in [0.5, 0.6) is 0 Å². The Morgan fingerprint density at radius 2 is 1.00 bits per heavy atom. The van der Waals surface area contributed by atoms with Crippen LogP contribution < -0.4 is 0 Å². The first-order valence-electron chi connectivity index (χ1n) is 8.86. The highest BCUT2D eigenvalue weighted by molar-refractivity contribution is 5.52. The standard InChI is InChI=1S/C21H26N2O2/c24-22(18-20-12-6-4-7-13-20)16-10-2-1-3-11-17-23(25)19-21-14-8-5-9-15-21/h4-9,12-17H,1-3,10-11,18-19H2/b22-16-,23-17-. The fourth-order valence-electron chi connectivity index (χ4n) is 2.59. The molecule has 0 unspecified atom stereocenters. The molecule has 25 heavy (non-hydrogen) atoms. The normalized spacial score (nSPS) is 12.3. The predicted octanol–water partition coefficient (Wildman–Crippen LogP) is 4.50. The van der Waals surface area contributed by atoms with Crippen LogP contribution in [-0.2, 0) is 13.1 Å². The zero-order valence-electron chi connectivity index (χ0n) is 14.6. The minimum atomic E-state index is 0.402. The van der Waals surface area contributed by atoms with E-state index in [2.05, 4.69) is 0 Å². The van der Waals surface area contributed by atoms with Gasteiger partial charge in [-0.1, -0.05) is 67.1 Å². The largest absolute Gasteiger partial charge is 0.624 e. The maximum absolute atomic E-state index is 11.8. The van der Waals surface area contributed by atoms with E-state index in [4.69, 9.17) is 0 Å². The molecule has 0 heterocycles. The van der Waals surface area contributed by atoms with Crippen LogP contribution in [0.15, 0.2) is 60.7 Å². The third-order valence-electron chi connectivity index (χ3n) is 3.94. The fourth-order valence-corrected chi connectivity index (χ4v) is 2.59. The summed E-state index contributed by atoms with van der Waals surface area (Å²) in [5.41, 5.74) is 2.05. The Balaban J connectivity index is 1.57. The van der Waals surface area contributed by atoms with Crippen molar-refractivity contribution in [3.05, 3.63) is 82.2 Å². The number of hydrogen-bond donors (Lipinski definition) is 0. The van der Waals surface area contributed by atoms with E-state index in [0.717, 1.165) is 52.7 Å². The highest BCUT2D eigenvalue weighted by atomic mass is 16.5. The molecule has 0 fully saturated rings. The molecule has 2 aromatic carbocycles. The van der Waals surface area contributed by atoms with E-state index < -0.39 is 0 Å². The first kappa shape index (κ1) is 18.7. The van der Waals surface area contributed by atoms with Crippen molar-refractivity contribution in [1.29, 1.82) is 0 Å². The number of hydroxylamine groups is 2. The van der Waals surface area contributed by atoms with E-state index in [9.17, 15) is 10.4 Å².